The van der Waals surface area contributed by atoms with E-state index in [1.54, 1.807) is 30.6 Å². The van der Waals surface area contributed by atoms with Crippen LogP contribution >= 0.6 is 0 Å². The zero-order valence-electron chi connectivity index (χ0n) is 13.2. The molecular weight excluding hydrogens is 308 g/mol. The maximum absolute atomic E-state index is 12.1. The summed E-state index contributed by atoms with van der Waals surface area (Å²) in [6, 6.07) is 5.39. The van der Waals surface area contributed by atoms with E-state index in [4.69, 9.17) is 0 Å². The molecule has 3 N–H and O–H groups in total. The molecule has 126 valence electrons. The van der Waals surface area contributed by atoms with Crippen LogP contribution in [0.4, 0.5) is 5.69 Å². The van der Waals surface area contributed by atoms with Gasteiger partial charge in [-0.15, -0.1) is 0 Å². The van der Waals surface area contributed by atoms with Crippen molar-refractivity contribution in [3.05, 3.63) is 42.5 Å². The van der Waals surface area contributed by atoms with Crippen molar-refractivity contribution in [1.82, 2.24) is 25.4 Å². The van der Waals surface area contributed by atoms with Gasteiger partial charge in [0.15, 0.2) is 0 Å². The van der Waals surface area contributed by atoms with Crippen molar-refractivity contribution in [2.45, 2.75) is 18.9 Å². The summed E-state index contributed by atoms with van der Waals surface area (Å²) in [7, 11) is 0. The highest BCUT2D eigenvalue weighted by Gasteiger charge is 2.18. The van der Waals surface area contributed by atoms with E-state index in [0.29, 0.717) is 11.4 Å². The van der Waals surface area contributed by atoms with E-state index in [1.807, 2.05) is 10.9 Å². The molecule has 2 aromatic rings. The lowest BCUT2D eigenvalue weighted by Gasteiger charge is -2.22. The van der Waals surface area contributed by atoms with Crippen molar-refractivity contribution in [2.75, 3.05) is 25.0 Å². The van der Waals surface area contributed by atoms with Crippen molar-refractivity contribution in [2.24, 2.45) is 0 Å². The molecule has 0 aromatic carbocycles. The predicted octanol–water partition coefficient (Wildman–Crippen LogP) is 0.571. The molecular formula is C16H20N6O2. The van der Waals surface area contributed by atoms with Crippen LogP contribution in [0.15, 0.2) is 36.8 Å². The van der Waals surface area contributed by atoms with Crippen molar-refractivity contribution in [1.29, 1.82) is 0 Å². The Labute approximate surface area is 139 Å². The van der Waals surface area contributed by atoms with E-state index in [1.165, 1.54) is 0 Å². The number of piperidine rings is 1. The molecule has 1 unspecified atom stereocenters. The minimum Gasteiger partial charge on any atom is -0.342 e. The molecule has 8 heteroatoms. The molecule has 1 saturated heterocycles. The van der Waals surface area contributed by atoms with Gasteiger partial charge in [-0.25, -0.2) is 0 Å². The first-order valence-corrected chi connectivity index (χ1v) is 7.96. The average Bonchev–Trinajstić information content (AvgIpc) is 3.11. The highest BCUT2D eigenvalue weighted by Crippen LogP contribution is 2.15. The van der Waals surface area contributed by atoms with E-state index in [9.17, 15) is 9.59 Å². The van der Waals surface area contributed by atoms with Crippen LogP contribution < -0.4 is 16.0 Å². The Bertz CT molecular complexity index is 694. The van der Waals surface area contributed by atoms with Gasteiger partial charge in [0.2, 0.25) is 5.91 Å². The Morgan fingerprint density at radius 3 is 3.04 bits per heavy atom. The number of carbonyl (C=O) groups is 2. The number of anilines is 1. The Balaban J connectivity index is 1.50. The standard InChI is InChI=1S/C16H20N6O2/c23-15(20-12-3-1-6-17-9-12)11-19-16(24)14-5-8-22(21-14)13-4-2-7-18-10-13/h1,3,5-6,8-9,13,18H,2,4,7,10-11H2,(H,19,24)(H,20,23). The van der Waals surface area contributed by atoms with E-state index in [0.717, 1.165) is 25.9 Å². The molecule has 2 aromatic heterocycles. The second-order valence-electron chi connectivity index (χ2n) is 5.65. The molecule has 1 atom stereocenters. The van der Waals surface area contributed by atoms with E-state index >= 15 is 0 Å². The molecule has 24 heavy (non-hydrogen) atoms. The monoisotopic (exact) mass is 328 g/mol. The van der Waals surface area contributed by atoms with Crippen molar-refractivity contribution < 1.29 is 9.59 Å². The highest BCUT2D eigenvalue weighted by atomic mass is 16.2. The number of hydrogen-bond acceptors (Lipinski definition) is 5. The molecule has 0 saturated carbocycles. The normalized spacial score (nSPS) is 17.2. The van der Waals surface area contributed by atoms with Gasteiger partial charge in [-0.2, -0.15) is 5.10 Å². The fourth-order valence-corrected chi connectivity index (χ4v) is 2.61. The molecule has 3 rings (SSSR count). The second-order valence-corrected chi connectivity index (χ2v) is 5.65. The van der Waals surface area contributed by atoms with Gasteiger partial charge in [0.25, 0.3) is 5.91 Å². The summed E-state index contributed by atoms with van der Waals surface area (Å²) >= 11 is 0. The molecule has 0 bridgehead atoms. The first-order chi connectivity index (χ1) is 11.7. The van der Waals surface area contributed by atoms with Crippen molar-refractivity contribution in [3.8, 4) is 0 Å². The van der Waals surface area contributed by atoms with Crippen LogP contribution in [-0.2, 0) is 4.79 Å². The summed E-state index contributed by atoms with van der Waals surface area (Å²) in [6.07, 6.45) is 7.11. The quantitative estimate of drug-likeness (QED) is 0.745. The van der Waals surface area contributed by atoms with Gasteiger partial charge in [-0.1, -0.05) is 0 Å². The Hall–Kier alpha value is -2.74. The smallest absolute Gasteiger partial charge is 0.272 e. The third kappa shape index (κ3) is 4.17. The summed E-state index contributed by atoms with van der Waals surface area (Å²) in [5, 5.41) is 12.9. The first kappa shape index (κ1) is 16.1. The molecule has 0 aliphatic carbocycles. The Morgan fingerprint density at radius 2 is 2.29 bits per heavy atom. The lowest BCUT2D eigenvalue weighted by molar-refractivity contribution is -0.115. The number of nitrogens with zero attached hydrogens (tertiary/aromatic N) is 3. The molecule has 1 aliphatic heterocycles. The summed E-state index contributed by atoms with van der Waals surface area (Å²) in [6.45, 7) is 1.76. The summed E-state index contributed by atoms with van der Waals surface area (Å²) < 4.78 is 1.82. The Morgan fingerprint density at radius 1 is 1.38 bits per heavy atom. The first-order valence-electron chi connectivity index (χ1n) is 7.96. The minimum atomic E-state index is -0.362. The van der Waals surface area contributed by atoms with E-state index in [2.05, 4.69) is 26.0 Å². The fraction of sp³-hybridized carbons (Fsp3) is 0.375. The lowest BCUT2D eigenvalue weighted by Crippen LogP contribution is -2.34. The fourth-order valence-electron chi connectivity index (χ4n) is 2.61. The number of carbonyl (C=O) groups excluding carboxylic acids is 2. The van der Waals surface area contributed by atoms with Crippen LogP contribution in [0.2, 0.25) is 0 Å². The molecule has 0 radical (unpaired) electrons. The van der Waals surface area contributed by atoms with Crippen LogP contribution in [0.5, 0.6) is 0 Å². The topological polar surface area (TPSA) is 101 Å². The number of amides is 2. The van der Waals surface area contributed by atoms with Gasteiger partial charge in [0, 0.05) is 18.9 Å². The number of pyridine rings is 1. The summed E-state index contributed by atoms with van der Waals surface area (Å²) in [5.74, 6) is -0.675. The van der Waals surface area contributed by atoms with Crippen molar-refractivity contribution >= 4 is 17.5 Å². The van der Waals surface area contributed by atoms with Crippen molar-refractivity contribution in [3.63, 3.8) is 0 Å². The van der Waals surface area contributed by atoms with E-state index < -0.39 is 0 Å². The Kier molecular flexibility index (Phi) is 5.17. The largest absolute Gasteiger partial charge is 0.342 e. The maximum Gasteiger partial charge on any atom is 0.272 e. The van der Waals surface area contributed by atoms with Gasteiger partial charge in [-0.3, -0.25) is 19.3 Å². The minimum absolute atomic E-state index is 0.119. The predicted molar refractivity (Wildman–Crippen MR) is 88.6 cm³/mol. The zero-order chi connectivity index (χ0) is 16.8. The summed E-state index contributed by atoms with van der Waals surface area (Å²) in [5.41, 5.74) is 0.903. The molecule has 2 amide bonds. The molecule has 0 spiro atoms. The highest BCUT2D eigenvalue weighted by molar-refractivity contribution is 5.98. The average molecular weight is 328 g/mol. The molecule has 3 heterocycles. The molecule has 1 fully saturated rings. The van der Waals surface area contributed by atoms with Gasteiger partial charge in [0.05, 0.1) is 24.5 Å². The van der Waals surface area contributed by atoms with Crippen LogP contribution in [0.3, 0.4) is 0 Å². The second kappa shape index (κ2) is 7.69. The van der Waals surface area contributed by atoms with E-state index in [-0.39, 0.29) is 24.4 Å². The zero-order valence-corrected chi connectivity index (χ0v) is 13.2. The molecule has 1 aliphatic rings. The van der Waals surface area contributed by atoms with Gasteiger partial charge in [0.1, 0.15) is 5.69 Å². The number of aromatic nitrogens is 3. The SMILES string of the molecule is O=C(CNC(=O)c1ccn(C2CCCNC2)n1)Nc1cccnc1. The number of hydrogen-bond donors (Lipinski definition) is 3. The third-order valence-electron chi connectivity index (χ3n) is 3.84. The lowest BCUT2D eigenvalue weighted by atomic mass is 10.1. The maximum atomic E-state index is 12.1. The van der Waals surface area contributed by atoms with Crippen LogP contribution in [0, 0.1) is 0 Å². The summed E-state index contributed by atoms with van der Waals surface area (Å²) in [4.78, 5) is 27.8. The number of rotatable bonds is 5. The molecule has 8 nitrogen and oxygen atoms in total. The third-order valence-corrected chi connectivity index (χ3v) is 3.84. The van der Waals surface area contributed by atoms with Crippen LogP contribution in [-0.4, -0.2) is 46.2 Å². The van der Waals surface area contributed by atoms with Crippen LogP contribution in [0.1, 0.15) is 29.4 Å². The number of nitrogens with one attached hydrogen (secondary N) is 3. The van der Waals surface area contributed by atoms with Crippen LogP contribution in [0.25, 0.3) is 0 Å². The van der Waals surface area contributed by atoms with Gasteiger partial charge in [-0.05, 0) is 37.6 Å². The van der Waals surface area contributed by atoms with Gasteiger partial charge >= 0.3 is 0 Å². The van der Waals surface area contributed by atoms with Gasteiger partial charge < -0.3 is 16.0 Å².